The van der Waals surface area contributed by atoms with Gasteiger partial charge in [-0.05, 0) is 49.4 Å². The van der Waals surface area contributed by atoms with Crippen molar-refractivity contribution >= 4 is 34.7 Å². The third kappa shape index (κ3) is 4.38. The Morgan fingerprint density at radius 3 is 2.59 bits per heavy atom. The van der Waals surface area contributed by atoms with Crippen molar-refractivity contribution in [2.24, 2.45) is 0 Å². The largest absolute Gasteiger partial charge is 0.507 e. The number of carbonyl (C=O) groups is 3. The smallest absolute Gasteiger partial charge is 0.300 e. The van der Waals surface area contributed by atoms with Crippen molar-refractivity contribution in [3.8, 4) is 5.75 Å². The third-order valence-corrected chi connectivity index (χ3v) is 5.28. The number of rotatable bonds is 6. The zero-order valence-electron chi connectivity index (χ0n) is 18.7. The van der Waals surface area contributed by atoms with Gasteiger partial charge in [-0.1, -0.05) is 24.3 Å². The molecule has 2 N–H and O–H groups in total. The molecule has 8 nitrogen and oxygen atoms in total. The van der Waals surface area contributed by atoms with Crippen LogP contribution in [-0.4, -0.2) is 34.3 Å². The summed E-state index contributed by atoms with van der Waals surface area (Å²) in [5.74, 6) is -1.71. The van der Waals surface area contributed by atoms with Gasteiger partial charge in [-0.3, -0.25) is 24.3 Å². The van der Waals surface area contributed by atoms with Crippen LogP contribution < -0.4 is 15.0 Å². The average Bonchev–Trinajstić information content (AvgIpc) is 3.10. The first kappa shape index (κ1) is 22.7. The quantitative estimate of drug-likeness (QED) is 0.328. The number of ketones is 1. The Balaban J connectivity index is 1.89. The minimum absolute atomic E-state index is 0.0812. The number of anilines is 2. The standard InChI is InChI=1S/C26H23N3O5/c1-3-34-20-11-6-8-17(14-20)24(31)22-23(21-12-4-5-13-27-21)29(26(33)25(22)32)19-10-7-9-18(15-19)28-16(2)30/h4-15,23,31H,3H2,1-2H3,(H,28,30)/b24-22+. The first-order valence-electron chi connectivity index (χ1n) is 10.7. The van der Waals surface area contributed by atoms with Gasteiger partial charge in [-0.2, -0.15) is 0 Å². The summed E-state index contributed by atoms with van der Waals surface area (Å²) in [6.07, 6.45) is 1.55. The summed E-state index contributed by atoms with van der Waals surface area (Å²) in [4.78, 5) is 43.6. The Kier molecular flexibility index (Phi) is 6.40. The molecule has 1 saturated heterocycles. The number of nitrogens with one attached hydrogen (secondary N) is 1. The van der Waals surface area contributed by atoms with Crippen molar-refractivity contribution in [2.75, 3.05) is 16.8 Å². The van der Waals surface area contributed by atoms with Crippen LogP contribution in [0.5, 0.6) is 5.75 Å². The lowest BCUT2D eigenvalue weighted by Crippen LogP contribution is -2.30. The van der Waals surface area contributed by atoms with Gasteiger partial charge in [0.1, 0.15) is 17.6 Å². The summed E-state index contributed by atoms with van der Waals surface area (Å²) < 4.78 is 5.51. The molecule has 1 aliphatic rings. The highest BCUT2D eigenvalue weighted by atomic mass is 16.5. The number of nitrogens with zero attached hydrogens (tertiary/aromatic N) is 2. The van der Waals surface area contributed by atoms with Crippen molar-refractivity contribution in [3.05, 3.63) is 89.8 Å². The summed E-state index contributed by atoms with van der Waals surface area (Å²) in [6.45, 7) is 3.66. The maximum absolute atomic E-state index is 13.2. The van der Waals surface area contributed by atoms with Crippen LogP contribution in [-0.2, 0) is 14.4 Å². The fourth-order valence-corrected chi connectivity index (χ4v) is 3.91. The molecule has 1 aromatic heterocycles. The summed E-state index contributed by atoms with van der Waals surface area (Å²) in [5.41, 5.74) is 1.52. The highest BCUT2D eigenvalue weighted by molar-refractivity contribution is 6.51. The molecule has 1 aliphatic heterocycles. The highest BCUT2D eigenvalue weighted by Gasteiger charge is 2.47. The number of amides is 2. The van der Waals surface area contributed by atoms with Crippen LogP contribution in [0.4, 0.5) is 11.4 Å². The van der Waals surface area contributed by atoms with Gasteiger partial charge in [0.05, 0.1) is 17.9 Å². The number of hydrogen-bond donors (Lipinski definition) is 2. The molecule has 1 unspecified atom stereocenters. The van der Waals surface area contributed by atoms with Crippen LogP contribution in [0.25, 0.3) is 5.76 Å². The number of aliphatic hydroxyl groups is 1. The van der Waals surface area contributed by atoms with Gasteiger partial charge in [0.15, 0.2) is 0 Å². The fourth-order valence-electron chi connectivity index (χ4n) is 3.91. The van der Waals surface area contributed by atoms with Crippen molar-refractivity contribution in [1.82, 2.24) is 4.98 Å². The van der Waals surface area contributed by atoms with E-state index in [1.54, 1.807) is 72.9 Å². The first-order valence-corrected chi connectivity index (χ1v) is 10.7. The van der Waals surface area contributed by atoms with Gasteiger partial charge in [0.2, 0.25) is 5.91 Å². The van der Waals surface area contributed by atoms with Crippen LogP contribution >= 0.6 is 0 Å². The lowest BCUT2D eigenvalue weighted by molar-refractivity contribution is -0.132. The zero-order valence-corrected chi connectivity index (χ0v) is 18.7. The maximum atomic E-state index is 13.2. The molecular formula is C26H23N3O5. The average molecular weight is 457 g/mol. The van der Waals surface area contributed by atoms with E-state index in [-0.39, 0.29) is 17.2 Å². The lowest BCUT2D eigenvalue weighted by atomic mass is 9.98. The summed E-state index contributed by atoms with van der Waals surface area (Å²) in [5, 5.41) is 13.9. The Labute approximate surface area is 196 Å². The first-order chi connectivity index (χ1) is 16.4. The Morgan fingerprint density at radius 1 is 1.09 bits per heavy atom. The van der Waals surface area contributed by atoms with Gasteiger partial charge >= 0.3 is 0 Å². The number of hydrogen-bond acceptors (Lipinski definition) is 6. The normalized spacial score (nSPS) is 17.0. The maximum Gasteiger partial charge on any atom is 0.300 e. The molecule has 0 spiro atoms. The number of aromatic nitrogens is 1. The number of benzene rings is 2. The predicted molar refractivity (Wildman–Crippen MR) is 127 cm³/mol. The Hall–Kier alpha value is -4.46. The zero-order chi connectivity index (χ0) is 24.2. The van der Waals surface area contributed by atoms with Gasteiger partial charge < -0.3 is 15.2 Å². The number of aliphatic hydroxyl groups excluding tert-OH is 1. The number of ether oxygens (including phenoxy) is 1. The van der Waals surface area contributed by atoms with Crippen molar-refractivity contribution in [1.29, 1.82) is 0 Å². The molecule has 4 rings (SSSR count). The molecule has 2 heterocycles. The number of pyridine rings is 1. The molecular weight excluding hydrogens is 434 g/mol. The van der Waals surface area contributed by atoms with E-state index < -0.39 is 17.7 Å². The molecule has 8 heteroatoms. The molecule has 2 aromatic carbocycles. The van der Waals surface area contributed by atoms with E-state index in [1.807, 2.05) is 6.92 Å². The second-order valence-corrected chi connectivity index (χ2v) is 7.62. The molecule has 3 aromatic rings. The molecule has 0 saturated carbocycles. The number of carbonyl (C=O) groups excluding carboxylic acids is 3. The fraction of sp³-hybridized carbons (Fsp3) is 0.154. The summed E-state index contributed by atoms with van der Waals surface area (Å²) in [7, 11) is 0. The Morgan fingerprint density at radius 2 is 1.88 bits per heavy atom. The lowest BCUT2D eigenvalue weighted by Gasteiger charge is -2.25. The van der Waals surface area contributed by atoms with E-state index in [0.717, 1.165) is 0 Å². The van der Waals surface area contributed by atoms with Gasteiger partial charge in [0.25, 0.3) is 11.7 Å². The van der Waals surface area contributed by atoms with Crippen LogP contribution in [0.15, 0.2) is 78.5 Å². The highest BCUT2D eigenvalue weighted by Crippen LogP contribution is 2.42. The number of Topliss-reactive ketones (excluding diaryl/α,β-unsaturated/α-hetero) is 1. The van der Waals surface area contributed by atoms with Crippen LogP contribution in [0.1, 0.15) is 31.1 Å². The van der Waals surface area contributed by atoms with Crippen molar-refractivity contribution < 1.29 is 24.2 Å². The molecule has 2 amide bonds. The van der Waals surface area contributed by atoms with E-state index in [0.29, 0.717) is 35.0 Å². The molecule has 0 aliphatic carbocycles. The molecule has 0 bridgehead atoms. The monoisotopic (exact) mass is 457 g/mol. The molecule has 1 fully saturated rings. The molecule has 34 heavy (non-hydrogen) atoms. The summed E-state index contributed by atoms with van der Waals surface area (Å²) in [6, 6.07) is 17.5. The van der Waals surface area contributed by atoms with Crippen LogP contribution in [0.3, 0.4) is 0 Å². The minimum atomic E-state index is -0.968. The van der Waals surface area contributed by atoms with Gasteiger partial charge in [-0.25, -0.2) is 0 Å². The van der Waals surface area contributed by atoms with E-state index in [1.165, 1.54) is 11.8 Å². The van der Waals surface area contributed by atoms with E-state index in [2.05, 4.69) is 10.3 Å². The predicted octanol–water partition coefficient (Wildman–Crippen LogP) is 4.07. The summed E-state index contributed by atoms with van der Waals surface area (Å²) >= 11 is 0. The van der Waals surface area contributed by atoms with E-state index >= 15 is 0 Å². The second-order valence-electron chi connectivity index (χ2n) is 7.62. The topological polar surface area (TPSA) is 109 Å². The molecule has 0 radical (unpaired) electrons. The van der Waals surface area contributed by atoms with Crippen molar-refractivity contribution in [3.63, 3.8) is 0 Å². The van der Waals surface area contributed by atoms with E-state index in [9.17, 15) is 19.5 Å². The van der Waals surface area contributed by atoms with Crippen LogP contribution in [0.2, 0.25) is 0 Å². The van der Waals surface area contributed by atoms with Crippen molar-refractivity contribution in [2.45, 2.75) is 19.9 Å². The van der Waals surface area contributed by atoms with E-state index in [4.69, 9.17) is 4.74 Å². The molecule has 1 atom stereocenters. The van der Waals surface area contributed by atoms with Gasteiger partial charge in [-0.15, -0.1) is 0 Å². The Bertz CT molecular complexity index is 1290. The second kappa shape index (κ2) is 9.58. The molecule has 172 valence electrons. The minimum Gasteiger partial charge on any atom is -0.507 e. The third-order valence-electron chi connectivity index (χ3n) is 5.28. The SMILES string of the molecule is CCOc1cccc(/C(O)=C2\C(=O)C(=O)N(c3cccc(NC(C)=O)c3)C2c2ccccn2)c1. The van der Waals surface area contributed by atoms with Crippen LogP contribution in [0, 0.1) is 0 Å². The van der Waals surface area contributed by atoms with Gasteiger partial charge in [0, 0.05) is 30.1 Å².